The molecular weight excluding hydrogens is 437 g/mol. The number of carbonyl (C=O) groups excluding carboxylic acids is 2. The Balaban J connectivity index is 1.50. The van der Waals surface area contributed by atoms with Crippen LogP contribution < -0.4 is 4.74 Å². The van der Waals surface area contributed by atoms with Crippen LogP contribution in [0.4, 0.5) is 4.39 Å². The summed E-state index contributed by atoms with van der Waals surface area (Å²) >= 11 is 0. The molecule has 0 N–H and O–H groups in total. The van der Waals surface area contributed by atoms with Crippen molar-refractivity contribution < 1.29 is 23.5 Å². The van der Waals surface area contributed by atoms with E-state index in [0.29, 0.717) is 44.5 Å². The standard InChI is InChI=1S/C26H30FN3O4/c1-3-34-26(32)19-12-14-29(15-13-19)17-25(31)30-24(21-6-4-5-7-22(21)27)16-23(28-30)18-8-10-20(33-2)11-9-18/h4-11,19,24H,3,12-17H2,1-2H3/t24-/m0/s1. The van der Waals surface area contributed by atoms with Gasteiger partial charge in [0, 0.05) is 12.0 Å². The number of piperidine rings is 1. The fraction of sp³-hybridized carbons (Fsp3) is 0.423. The fourth-order valence-electron chi connectivity index (χ4n) is 4.54. The van der Waals surface area contributed by atoms with E-state index in [-0.39, 0.29) is 30.2 Å². The third-order valence-electron chi connectivity index (χ3n) is 6.42. The van der Waals surface area contributed by atoms with Crippen LogP contribution in [-0.4, -0.2) is 60.8 Å². The summed E-state index contributed by atoms with van der Waals surface area (Å²) < 4.78 is 25.0. The van der Waals surface area contributed by atoms with Crippen LogP contribution in [0.1, 0.15) is 43.4 Å². The van der Waals surface area contributed by atoms with Crippen molar-refractivity contribution in [2.24, 2.45) is 11.0 Å². The van der Waals surface area contributed by atoms with E-state index in [2.05, 4.69) is 5.10 Å². The van der Waals surface area contributed by atoms with Crippen molar-refractivity contribution in [1.29, 1.82) is 0 Å². The summed E-state index contributed by atoms with van der Waals surface area (Å²) in [6.45, 7) is 3.59. The number of hydrogen-bond donors (Lipinski definition) is 0. The number of carbonyl (C=O) groups is 2. The lowest BCUT2D eigenvalue weighted by Crippen LogP contribution is -2.43. The Bertz CT molecular complexity index is 1050. The molecule has 2 aliphatic heterocycles. The van der Waals surface area contributed by atoms with Crippen molar-refractivity contribution in [2.75, 3.05) is 33.4 Å². The molecule has 0 unspecified atom stereocenters. The number of hydrazone groups is 1. The van der Waals surface area contributed by atoms with Crippen LogP contribution in [-0.2, 0) is 14.3 Å². The molecule has 1 amide bonds. The van der Waals surface area contributed by atoms with Crippen molar-refractivity contribution in [3.8, 4) is 5.75 Å². The van der Waals surface area contributed by atoms with E-state index >= 15 is 0 Å². The van der Waals surface area contributed by atoms with E-state index in [4.69, 9.17) is 9.47 Å². The van der Waals surface area contributed by atoms with Crippen molar-refractivity contribution in [2.45, 2.75) is 32.2 Å². The summed E-state index contributed by atoms with van der Waals surface area (Å²) in [5.41, 5.74) is 2.04. The molecule has 180 valence electrons. The quantitative estimate of drug-likeness (QED) is 0.580. The van der Waals surface area contributed by atoms with Gasteiger partial charge in [-0.2, -0.15) is 5.10 Å². The number of likely N-dealkylation sites (tertiary alicyclic amines) is 1. The SMILES string of the molecule is CCOC(=O)C1CCN(CC(=O)N2N=C(c3ccc(OC)cc3)C[C@H]2c2ccccc2F)CC1. The monoisotopic (exact) mass is 467 g/mol. The van der Waals surface area contributed by atoms with Crippen molar-refractivity contribution in [3.05, 3.63) is 65.5 Å². The number of nitrogens with zero attached hydrogens (tertiary/aromatic N) is 3. The Labute approximate surface area is 199 Å². The molecule has 7 nitrogen and oxygen atoms in total. The first kappa shape index (κ1) is 23.9. The molecule has 2 aliphatic rings. The Kier molecular flexibility index (Phi) is 7.57. The summed E-state index contributed by atoms with van der Waals surface area (Å²) in [4.78, 5) is 27.4. The van der Waals surface area contributed by atoms with Gasteiger partial charge in [0.2, 0.25) is 0 Å². The highest BCUT2D eigenvalue weighted by Crippen LogP contribution is 2.34. The summed E-state index contributed by atoms with van der Waals surface area (Å²) in [5, 5.41) is 6.06. The minimum absolute atomic E-state index is 0.121. The zero-order valence-electron chi connectivity index (χ0n) is 19.6. The van der Waals surface area contributed by atoms with Crippen molar-refractivity contribution >= 4 is 17.6 Å². The van der Waals surface area contributed by atoms with Crippen LogP contribution in [0, 0.1) is 11.7 Å². The van der Waals surface area contributed by atoms with Gasteiger partial charge in [0.1, 0.15) is 11.6 Å². The number of rotatable bonds is 7. The predicted molar refractivity (Wildman–Crippen MR) is 126 cm³/mol. The lowest BCUT2D eigenvalue weighted by Gasteiger charge is -2.32. The molecule has 0 bridgehead atoms. The van der Waals surface area contributed by atoms with E-state index < -0.39 is 6.04 Å². The normalized spacial score (nSPS) is 19.1. The van der Waals surface area contributed by atoms with Crippen LogP contribution >= 0.6 is 0 Å². The molecule has 4 rings (SSSR count). The number of halogens is 1. The second-order valence-corrected chi connectivity index (χ2v) is 8.56. The topological polar surface area (TPSA) is 71.4 Å². The Morgan fingerprint density at radius 1 is 1.09 bits per heavy atom. The van der Waals surface area contributed by atoms with E-state index in [1.807, 2.05) is 29.2 Å². The molecule has 0 saturated carbocycles. The molecule has 2 aromatic rings. The minimum atomic E-state index is -0.511. The van der Waals surface area contributed by atoms with Crippen LogP contribution in [0.25, 0.3) is 0 Å². The Morgan fingerprint density at radius 3 is 2.44 bits per heavy atom. The molecule has 0 aromatic heterocycles. The average Bonchev–Trinajstić information content (AvgIpc) is 3.30. The zero-order valence-corrected chi connectivity index (χ0v) is 19.6. The summed E-state index contributed by atoms with van der Waals surface area (Å²) in [6, 6.07) is 13.5. The van der Waals surface area contributed by atoms with Gasteiger partial charge in [-0.25, -0.2) is 9.40 Å². The lowest BCUT2D eigenvalue weighted by molar-refractivity contribution is -0.149. The van der Waals surface area contributed by atoms with Gasteiger partial charge in [-0.1, -0.05) is 18.2 Å². The predicted octanol–water partition coefficient (Wildman–Crippen LogP) is 3.79. The lowest BCUT2D eigenvalue weighted by atomic mass is 9.96. The third-order valence-corrected chi connectivity index (χ3v) is 6.42. The van der Waals surface area contributed by atoms with Crippen molar-refractivity contribution in [1.82, 2.24) is 9.91 Å². The Morgan fingerprint density at radius 2 is 1.79 bits per heavy atom. The third kappa shape index (κ3) is 5.28. The van der Waals surface area contributed by atoms with Crippen LogP contribution in [0.3, 0.4) is 0 Å². The first-order valence-electron chi connectivity index (χ1n) is 11.7. The first-order valence-corrected chi connectivity index (χ1v) is 11.7. The van der Waals surface area contributed by atoms with Gasteiger partial charge in [0.25, 0.3) is 5.91 Å². The maximum atomic E-state index is 14.7. The average molecular weight is 468 g/mol. The highest BCUT2D eigenvalue weighted by atomic mass is 19.1. The van der Waals surface area contributed by atoms with E-state index in [1.54, 1.807) is 32.2 Å². The molecule has 0 radical (unpaired) electrons. The summed E-state index contributed by atoms with van der Waals surface area (Å²) in [5.74, 6) is -0.101. The fourth-order valence-corrected chi connectivity index (χ4v) is 4.54. The van der Waals surface area contributed by atoms with Crippen LogP contribution in [0.15, 0.2) is 53.6 Å². The summed E-state index contributed by atoms with van der Waals surface area (Å²) in [6.07, 6.45) is 1.73. The number of benzene rings is 2. The van der Waals surface area contributed by atoms with Gasteiger partial charge in [0.15, 0.2) is 0 Å². The zero-order chi connectivity index (χ0) is 24.1. The highest BCUT2D eigenvalue weighted by Gasteiger charge is 2.36. The molecule has 1 saturated heterocycles. The van der Waals surface area contributed by atoms with Gasteiger partial charge < -0.3 is 9.47 Å². The van der Waals surface area contributed by atoms with E-state index in [1.165, 1.54) is 11.1 Å². The van der Waals surface area contributed by atoms with Gasteiger partial charge in [-0.15, -0.1) is 0 Å². The van der Waals surface area contributed by atoms with Crippen molar-refractivity contribution in [3.63, 3.8) is 0 Å². The maximum absolute atomic E-state index is 14.7. The molecule has 1 fully saturated rings. The second kappa shape index (κ2) is 10.8. The molecule has 2 aromatic carbocycles. The molecule has 1 atom stereocenters. The number of esters is 1. The van der Waals surface area contributed by atoms with Crippen LogP contribution in [0.2, 0.25) is 0 Å². The minimum Gasteiger partial charge on any atom is -0.497 e. The summed E-state index contributed by atoms with van der Waals surface area (Å²) in [7, 11) is 1.60. The molecular formula is C26H30FN3O4. The maximum Gasteiger partial charge on any atom is 0.309 e. The molecule has 0 aliphatic carbocycles. The first-order chi connectivity index (χ1) is 16.5. The molecule has 2 heterocycles. The molecule has 0 spiro atoms. The Hall–Kier alpha value is -3.26. The van der Waals surface area contributed by atoms with E-state index in [0.717, 1.165) is 17.0 Å². The smallest absolute Gasteiger partial charge is 0.309 e. The van der Waals surface area contributed by atoms with Gasteiger partial charge >= 0.3 is 5.97 Å². The van der Waals surface area contributed by atoms with Gasteiger partial charge in [0.05, 0.1) is 37.9 Å². The van der Waals surface area contributed by atoms with Gasteiger partial charge in [-0.3, -0.25) is 14.5 Å². The molecule has 8 heteroatoms. The molecule has 34 heavy (non-hydrogen) atoms. The number of hydrogen-bond acceptors (Lipinski definition) is 6. The van der Waals surface area contributed by atoms with E-state index in [9.17, 15) is 14.0 Å². The largest absolute Gasteiger partial charge is 0.497 e. The number of ether oxygens (including phenoxy) is 2. The highest BCUT2D eigenvalue weighted by molar-refractivity contribution is 6.03. The number of methoxy groups -OCH3 is 1. The second-order valence-electron chi connectivity index (χ2n) is 8.56. The van der Waals surface area contributed by atoms with Crippen LogP contribution in [0.5, 0.6) is 5.75 Å². The van der Waals surface area contributed by atoms with Gasteiger partial charge in [-0.05, 0) is 68.8 Å². The number of amides is 1.